The standard InChI is InChI=1S/C21H26BrNO4/c1-4-25-19-11-17(13-23-15(3)16-9-7-6-8-10-16)18(22)12-20(19)27-14-21(24)26-5-2/h6-12,15,23H,4-5,13-14H2,1-3H3. The van der Waals surface area contributed by atoms with Gasteiger partial charge in [-0.3, -0.25) is 0 Å². The predicted octanol–water partition coefficient (Wildman–Crippen LogP) is 4.64. The van der Waals surface area contributed by atoms with Crippen LogP contribution in [-0.4, -0.2) is 25.8 Å². The van der Waals surface area contributed by atoms with Crippen molar-refractivity contribution in [2.75, 3.05) is 19.8 Å². The largest absolute Gasteiger partial charge is 0.490 e. The molecule has 5 nitrogen and oxygen atoms in total. The van der Waals surface area contributed by atoms with Crippen molar-refractivity contribution in [1.29, 1.82) is 0 Å². The van der Waals surface area contributed by atoms with E-state index in [-0.39, 0.29) is 12.6 Å². The molecule has 0 aliphatic carbocycles. The van der Waals surface area contributed by atoms with Gasteiger partial charge in [-0.15, -0.1) is 0 Å². The summed E-state index contributed by atoms with van der Waals surface area (Å²) >= 11 is 3.58. The third kappa shape index (κ3) is 6.56. The summed E-state index contributed by atoms with van der Waals surface area (Å²) in [6.45, 7) is 7.14. The molecule has 1 atom stereocenters. The minimum absolute atomic E-state index is 0.150. The quantitative estimate of drug-likeness (QED) is 0.550. The minimum atomic E-state index is -0.404. The van der Waals surface area contributed by atoms with Crippen LogP contribution in [0.15, 0.2) is 46.9 Å². The third-order valence-electron chi connectivity index (χ3n) is 3.96. The Balaban J connectivity index is 2.08. The van der Waals surface area contributed by atoms with E-state index in [0.29, 0.717) is 31.3 Å². The first kappa shape index (κ1) is 21.3. The van der Waals surface area contributed by atoms with E-state index in [9.17, 15) is 4.79 Å². The molecule has 2 rings (SSSR count). The van der Waals surface area contributed by atoms with Crippen molar-refractivity contribution in [3.8, 4) is 11.5 Å². The summed E-state index contributed by atoms with van der Waals surface area (Å²) in [6, 6.07) is 14.3. The van der Waals surface area contributed by atoms with Gasteiger partial charge in [0.2, 0.25) is 0 Å². The van der Waals surface area contributed by atoms with Gasteiger partial charge >= 0.3 is 5.97 Å². The zero-order valence-electron chi connectivity index (χ0n) is 16.0. The van der Waals surface area contributed by atoms with Gasteiger partial charge in [0.1, 0.15) is 0 Å². The van der Waals surface area contributed by atoms with Crippen molar-refractivity contribution in [2.45, 2.75) is 33.4 Å². The van der Waals surface area contributed by atoms with E-state index in [2.05, 4.69) is 40.3 Å². The fraction of sp³-hybridized carbons (Fsp3) is 0.381. The Morgan fingerprint density at radius 1 is 1.07 bits per heavy atom. The smallest absolute Gasteiger partial charge is 0.344 e. The van der Waals surface area contributed by atoms with Crippen LogP contribution < -0.4 is 14.8 Å². The molecule has 0 aromatic heterocycles. The highest BCUT2D eigenvalue weighted by Gasteiger charge is 2.14. The van der Waals surface area contributed by atoms with Gasteiger partial charge in [0.15, 0.2) is 18.1 Å². The molecule has 0 aliphatic heterocycles. The number of esters is 1. The minimum Gasteiger partial charge on any atom is -0.490 e. The molecule has 6 heteroatoms. The maximum Gasteiger partial charge on any atom is 0.344 e. The topological polar surface area (TPSA) is 56.8 Å². The lowest BCUT2D eigenvalue weighted by Gasteiger charge is -2.17. The maximum atomic E-state index is 11.5. The lowest BCUT2D eigenvalue weighted by molar-refractivity contribution is -0.145. The number of nitrogens with one attached hydrogen (secondary N) is 1. The molecule has 27 heavy (non-hydrogen) atoms. The van der Waals surface area contributed by atoms with Crippen molar-refractivity contribution < 1.29 is 19.0 Å². The van der Waals surface area contributed by atoms with Crippen molar-refractivity contribution in [2.24, 2.45) is 0 Å². The normalized spacial score (nSPS) is 11.7. The Labute approximate surface area is 169 Å². The number of carbonyl (C=O) groups is 1. The van der Waals surface area contributed by atoms with Crippen LogP contribution in [0, 0.1) is 0 Å². The lowest BCUT2D eigenvalue weighted by atomic mass is 10.1. The van der Waals surface area contributed by atoms with Crippen LogP contribution in [0.5, 0.6) is 11.5 Å². The van der Waals surface area contributed by atoms with Crippen molar-refractivity contribution in [3.05, 3.63) is 58.1 Å². The van der Waals surface area contributed by atoms with E-state index in [4.69, 9.17) is 14.2 Å². The molecule has 0 radical (unpaired) electrons. The van der Waals surface area contributed by atoms with Gasteiger partial charge in [0.05, 0.1) is 13.2 Å². The molecular weight excluding hydrogens is 410 g/mol. The van der Waals surface area contributed by atoms with Crippen molar-refractivity contribution >= 4 is 21.9 Å². The summed E-state index contributed by atoms with van der Waals surface area (Å²) in [5.41, 5.74) is 2.28. The second kappa shape index (κ2) is 10.9. The van der Waals surface area contributed by atoms with Crippen LogP contribution in [0.2, 0.25) is 0 Å². The molecule has 0 heterocycles. The van der Waals surface area contributed by atoms with Crippen LogP contribution in [0.4, 0.5) is 0 Å². The molecule has 2 aromatic carbocycles. The molecule has 0 spiro atoms. The number of carbonyl (C=O) groups excluding carboxylic acids is 1. The van der Waals surface area contributed by atoms with Gasteiger partial charge in [0.25, 0.3) is 0 Å². The van der Waals surface area contributed by atoms with Gasteiger partial charge in [-0.1, -0.05) is 46.3 Å². The molecule has 1 N–H and O–H groups in total. The van der Waals surface area contributed by atoms with E-state index >= 15 is 0 Å². The monoisotopic (exact) mass is 435 g/mol. The predicted molar refractivity (Wildman–Crippen MR) is 109 cm³/mol. The summed E-state index contributed by atoms with van der Waals surface area (Å²) < 4.78 is 17.1. The van der Waals surface area contributed by atoms with E-state index in [1.165, 1.54) is 5.56 Å². The average Bonchev–Trinajstić information content (AvgIpc) is 2.67. The molecule has 146 valence electrons. The summed E-state index contributed by atoms with van der Waals surface area (Å²) in [5, 5.41) is 3.51. The van der Waals surface area contributed by atoms with Gasteiger partial charge in [-0.25, -0.2) is 4.79 Å². The zero-order valence-corrected chi connectivity index (χ0v) is 17.5. The molecule has 0 fully saturated rings. The van der Waals surface area contributed by atoms with Crippen molar-refractivity contribution in [1.82, 2.24) is 5.32 Å². The summed E-state index contributed by atoms with van der Waals surface area (Å²) in [5.74, 6) is 0.712. The van der Waals surface area contributed by atoms with Crippen molar-refractivity contribution in [3.63, 3.8) is 0 Å². The Bertz CT molecular complexity index is 736. The molecule has 2 aromatic rings. The van der Waals surface area contributed by atoms with E-state index in [1.807, 2.05) is 37.3 Å². The maximum absolute atomic E-state index is 11.5. The van der Waals surface area contributed by atoms with E-state index in [1.54, 1.807) is 6.92 Å². The molecular formula is C21H26BrNO4. The van der Waals surface area contributed by atoms with Crippen LogP contribution in [-0.2, 0) is 16.1 Å². The zero-order chi connectivity index (χ0) is 19.6. The fourth-order valence-electron chi connectivity index (χ4n) is 2.56. The van der Waals surface area contributed by atoms with Gasteiger partial charge < -0.3 is 19.5 Å². The molecule has 0 amide bonds. The number of hydrogen-bond donors (Lipinski definition) is 1. The number of hydrogen-bond acceptors (Lipinski definition) is 5. The van der Waals surface area contributed by atoms with Crippen LogP contribution in [0.1, 0.15) is 37.9 Å². The lowest BCUT2D eigenvalue weighted by Crippen LogP contribution is -2.18. The first-order valence-electron chi connectivity index (χ1n) is 9.07. The molecule has 0 bridgehead atoms. The molecule has 0 saturated carbocycles. The second-order valence-electron chi connectivity index (χ2n) is 5.93. The van der Waals surface area contributed by atoms with Gasteiger partial charge in [0, 0.05) is 17.1 Å². The number of halogens is 1. The van der Waals surface area contributed by atoms with E-state index in [0.717, 1.165) is 10.0 Å². The second-order valence-corrected chi connectivity index (χ2v) is 6.78. The number of benzene rings is 2. The highest BCUT2D eigenvalue weighted by molar-refractivity contribution is 9.10. The molecule has 0 saturated heterocycles. The van der Waals surface area contributed by atoms with Crippen LogP contribution >= 0.6 is 15.9 Å². The number of rotatable bonds is 10. The molecule has 1 unspecified atom stereocenters. The summed E-state index contributed by atoms with van der Waals surface area (Å²) in [4.78, 5) is 11.5. The average molecular weight is 436 g/mol. The van der Waals surface area contributed by atoms with Crippen LogP contribution in [0.25, 0.3) is 0 Å². The Morgan fingerprint density at radius 2 is 1.78 bits per heavy atom. The van der Waals surface area contributed by atoms with Gasteiger partial charge in [-0.05, 0) is 44.0 Å². The highest BCUT2D eigenvalue weighted by atomic mass is 79.9. The Kier molecular flexibility index (Phi) is 8.61. The molecule has 0 aliphatic rings. The number of ether oxygens (including phenoxy) is 3. The van der Waals surface area contributed by atoms with E-state index < -0.39 is 5.97 Å². The summed E-state index contributed by atoms with van der Waals surface area (Å²) in [6.07, 6.45) is 0. The first-order chi connectivity index (χ1) is 13.0. The fourth-order valence-corrected chi connectivity index (χ4v) is 3.02. The summed E-state index contributed by atoms with van der Waals surface area (Å²) in [7, 11) is 0. The Morgan fingerprint density at radius 3 is 2.44 bits per heavy atom. The highest BCUT2D eigenvalue weighted by Crippen LogP contribution is 2.34. The first-order valence-corrected chi connectivity index (χ1v) is 9.86. The van der Waals surface area contributed by atoms with Gasteiger partial charge in [-0.2, -0.15) is 0 Å². The SMILES string of the molecule is CCOC(=O)COc1cc(Br)c(CNC(C)c2ccccc2)cc1OCC. The third-order valence-corrected chi connectivity index (χ3v) is 4.70. The Hall–Kier alpha value is -2.05. The van der Waals surface area contributed by atoms with Crippen LogP contribution in [0.3, 0.4) is 0 Å².